The summed E-state index contributed by atoms with van der Waals surface area (Å²) >= 11 is 0. The summed E-state index contributed by atoms with van der Waals surface area (Å²) in [7, 11) is 0. The molecule has 0 aliphatic rings. The normalized spacial score (nSPS) is 12.3. The van der Waals surface area contributed by atoms with Gasteiger partial charge in [0.2, 0.25) is 0 Å². The summed E-state index contributed by atoms with van der Waals surface area (Å²) in [6.45, 7) is 2.29. The fourth-order valence-electron chi connectivity index (χ4n) is 1.49. The maximum atomic E-state index is 12.2. The summed E-state index contributed by atoms with van der Waals surface area (Å²) in [5.74, 6) is 0.502. The summed E-state index contributed by atoms with van der Waals surface area (Å²) in [4.78, 5) is 8.04. The van der Waals surface area contributed by atoms with Gasteiger partial charge in [0, 0.05) is 6.20 Å². The van der Waals surface area contributed by atoms with Gasteiger partial charge in [-0.2, -0.15) is 18.3 Å². The quantitative estimate of drug-likeness (QED) is 0.752. The van der Waals surface area contributed by atoms with Gasteiger partial charge >= 0.3 is 6.18 Å². The van der Waals surface area contributed by atoms with E-state index in [4.69, 9.17) is 0 Å². The first kappa shape index (κ1) is 10.8. The minimum Gasteiger partial charge on any atom is -0.261 e. The molecule has 4 nitrogen and oxygen atoms in total. The lowest BCUT2D eigenvalue weighted by Gasteiger charge is -2.04. The first-order chi connectivity index (χ1) is 7.35. The van der Waals surface area contributed by atoms with Gasteiger partial charge in [-0.25, -0.2) is 9.97 Å². The van der Waals surface area contributed by atoms with Gasteiger partial charge < -0.3 is 0 Å². The Morgan fingerprint density at radius 2 is 1.94 bits per heavy atom. The zero-order chi connectivity index (χ0) is 11.9. The molecule has 0 radical (unpaired) electrons. The molecule has 2 rings (SSSR count). The van der Waals surface area contributed by atoms with Gasteiger partial charge in [0.15, 0.2) is 5.65 Å². The molecule has 16 heavy (non-hydrogen) atoms. The van der Waals surface area contributed by atoms with Crippen LogP contribution in [-0.2, 0) is 6.54 Å². The second-order valence-corrected chi connectivity index (χ2v) is 3.54. The third kappa shape index (κ3) is 2.12. The highest BCUT2D eigenvalue weighted by molar-refractivity contribution is 5.76. The van der Waals surface area contributed by atoms with E-state index in [1.807, 2.05) is 0 Å². The van der Waals surface area contributed by atoms with Gasteiger partial charge in [0.05, 0.1) is 11.1 Å². The Morgan fingerprint density at radius 3 is 2.56 bits per heavy atom. The molecule has 0 fully saturated rings. The molecule has 0 N–H and O–H groups in total. The lowest BCUT2D eigenvalue weighted by atomic mass is 10.3. The maximum absolute atomic E-state index is 12.2. The highest BCUT2D eigenvalue weighted by atomic mass is 19.4. The number of aryl methyl sites for hydroxylation is 2. The Hall–Kier alpha value is -1.66. The van der Waals surface area contributed by atoms with Crippen LogP contribution in [0, 0.1) is 13.8 Å². The van der Waals surface area contributed by atoms with Crippen molar-refractivity contribution in [1.29, 1.82) is 0 Å². The largest absolute Gasteiger partial charge is 0.408 e. The second kappa shape index (κ2) is 3.43. The number of halogens is 3. The van der Waals surface area contributed by atoms with E-state index in [1.54, 1.807) is 13.8 Å². The molecule has 2 aromatic rings. The van der Waals surface area contributed by atoms with Gasteiger partial charge in [-0.1, -0.05) is 0 Å². The van der Waals surface area contributed by atoms with Crippen molar-refractivity contribution < 1.29 is 13.2 Å². The molecule has 0 bridgehead atoms. The van der Waals surface area contributed by atoms with E-state index >= 15 is 0 Å². The molecule has 0 unspecified atom stereocenters. The zero-order valence-electron chi connectivity index (χ0n) is 8.71. The number of hydrogen-bond acceptors (Lipinski definition) is 3. The van der Waals surface area contributed by atoms with Gasteiger partial charge in [-0.15, -0.1) is 0 Å². The number of hydrogen-bond donors (Lipinski definition) is 0. The molecule has 0 atom stereocenters. The van der Waals surface area contributed by atoms with Crippen LogP contribution >= 0.6 is 0 Å². The van der Waals surface area contributed by atoms with Crippen LogP contribution in [-0.4, -0.2) is 25.9 Å². The Morgan fingerprint density at radius 1 is 1.25 bits per heavy atom. The Balaban J connectivity index is 2.48. The maximum Gasteiger partial charge on any atom is 0.408 e. The average Bonchev–Trinajstić information content (AvgIpc) is 2.43. The number of fused-ring (bicyclic) bond motifs is 1. The molecular weight excluding hydrogens is 221 g/mol. The van der Waals surface area contributed by atoms with Crippen LogP contribution in [0.1, 0.15) is 11.5 Å². The number of nitrogens with zero attached hydrogens (tertiary/aromatic N) is 4. The minimum atomic E-state index is -4.28. The molecule has 7 heteroatoms. The minimum absolute atomic E-state index is 0.300. The molecule has 86 valence electrons. The van der Waals surface area contributed by atoms with Crippen molar-refractivity contribution in [2.24, 2.45) is 0 Å². The van der Waals surface area contributed by atoms with Crippen LogP contribution in [0.15, 0.2) is 6.20 Å². The second-order valence-electron chi connectivity index (χ2n) is 3.54. The highest BCUT2D eigenvalue weighted by Gasteiger charge is 2.28. The van der Waals surface area contributed by atoms with Crippen molar-refractivity contribution in [1.82, 2.24) is 19.7 Å². The van der Waals surface area contributed by atoms with Gasteiger partial charge in [0.1, 0.15) is 12.4 Å². The van der Waals surface area contributed by atoms with E-state index in [2.05, 4.69) is 15.1 Å². The molecule has 0 aliphatic carbocycles. The number of aromatic nitrogens is 4. The summed E-state index contributed by atoms with van der Waals surface area (Å²) in [5, 5.41) is 4.32. The summed E-state index contributed by atoms with van der Waals surface area (Å²) in [6, 6.07) is 0. The fraction of sp³-hybridized carbons (Fsp3) is 0.444. The van der Waals surface area contributed by atoms with Crippen LogP contribution < -0.4 is 0 Å². The molecular formula is C9H9F3N4. The molecule has 0 amide bonds. The molecule has 0 saturated heterocycles. The van der Waals surface area contributed by atoms with Crippen molar-refractivity contribution in [3.8, 4) is 0 Å². The first-order valence-electron chi connectivity index (χ1n) is 4.60. The van der Waals surface area contributed by atoms with Crippen LogP contribution in [0.4, 0.5) is 13.2 Å². The number of rotatable bonds is 1. The lowest BCUT2D eigenvalue weighted by molar-refractivity contribution is -0.142. The topological polar surface area (TPSA) is 43.6 Å². The summed E-state index contributed by atoms with van der Waals surface area (Å²) < 4.78 is 37.3. The van der Waals surface area contributed by atoms with Crippen molar-refractivity contribution in [2.75, 3.05) is 0 Å². The van der Waals surface area contributed by atoms with Gasteiger partial charge in [-0.05, 0) is 13.8 Å². The first-order valence-corrected chi connectivity index (χ1v) is 4.60. The van der Waals surface area contributed by atoms with Crippen molar-refractivity contribution in [3.63, 3.8) is 0 Å². The molecule has 0 spiro atoms. The molecule has 0 aromatic carbocycles. The van der Waals surface area contributed by atoms with Crippen LogP contribution in [0.2, 0.25) is 0 Å². The monoisotopic (exact) mass is 230 g/mol. The molecule has 0 aliphatic heterocycles. The van der Waals surface area contributed by atoms with Crippen molar-refractivity contribution in [2.45, 2.75) is 26.6 Å². The van der Waals surface area contributed by atoms with E-state index in [0.717, 1.165) is 4.68 Å². The van der Waals surface area contributed by atoms with Crippen LogP contribution in [0.5, 0.6) is 0 Å². The Bertz CT molecular complexity index is 529. The third-order valence-electron chi connectivity index (χ3n) is 2.07. The summed E-state index contributed by atoms with van der Waals surface area (Å²) in [5.41, 5.74) is 0.935. The van der Waals surface area contributed by atoms with Crippen molar-refractivity contribution >= 4 is 11.0 Å². The molecule has 0 saturated carbocycles. The Kier molecular flexibility index (Phi) is 2.32. The van der Waals surface area contributed by atoms with E-state index in [-0.39, 0.29) is 0 Å². The standard InChI is InChI=1S/C9H9F3N4/c1-5-7-3-16(4-9(10,11)12)15-8(7)14-6(2)13-5/h3H,4H2,1-2H3. The third-order valence-corrected chi connectivity index (χ3v) is 2.07. The van der Waals surface area contributed by atoms with Crippen LogP contribution in [0.3, 0.4) is 0 Å². The lowest BCUT2D eigenvalue weighted by Crippen LogP contribution is -2.17. The van der Waals surface area contributed by atoms with Crippen LogP contribution in [0.25, 0.3) is 11.0 Å². The molecule has 2 aromatic heterocycles. The average molecular weight is 230 g/mol. The Labute approximate surface area is 89.1 Å². The predicted molar refractivity (Wildman–Crippen MR) is 50.9 cm³/mol. The zero-order valence-corrected chi connectivity index (χ0v) is 8.71. The van der Waals surface area contributed by atoms with E-state index in [1.165, 1.54) is 6.20 Å². The highest BCUT2D eigenvalue weighted by Crippen LogP contribution is 2.19. The van der Waals surface area contributed by atoms with E-state index in [9.17, 15) is 13.2 Å². The number of alkyl halides is 3. The predicted octanol–water partition coefficient (Wildman–Crippen LogP) is 2.01. The SMILES string of the molecule is Cc1nc(C)c2cn(CC(F)(F)F)nc2n1. The molecule has 2 heterocycles. The van der Waals surface area contributed by atoms with Gasteiger partial charge in [0.25, 0.3) is 0 Å². The van der Waals surface area contributed by atoms with E-state index in [0.29, 0.717) is 22.6 Å². The fourth-order valence-corrected chi connectivity index (χ4v) is 1.49. The van der Waals surface area contributed by atoms with Gasteiger partial charge in [-0.3, -0.25) is 4.68 Å². The smallest absolute Gasteiger partial charge is 0.261 e. The van der Waals surface area contributed by atoms with Crippen molar-refractivity contribution in [3.05, 3.63) is 17.7 Å². The summed E-state index contributed by atoms with van der Waals surface area (Å²) in [6.07, 6.45) is -2.96. The van der Waals surface area contributed by atoms with E-state index < -0.39 is 12.7 Å².